The largest absolute Gasteiger partial charge is 0.493 e. The van der Waals surface area contributed by atoms with Crippen LogP contribution in [0.3, 0.4) is 0 Å². The summed E-state index contributed by atoms with van der Waals surface area (Å²) in [6, 6.07) is 6.70. The number of amides is 1. The summed E-state index contributed by atoms with van der Waals surface area (Å²) in [5, 5.41) is 0. The minimum Gasteiger partial charge on any atom is -0.493 e. The molecule has 0 aliphatic carbocycles. The van der Waals surface area contributed by atoms with Gasteiger partial charge in [-0.15, -0.1) is 0 Å². The molecule has 164 valence electrons. The molecule has 0 atom stereocenters. The Morgan fingerprint density at radius 3 is 2.00 bits per heavy atom. The van der Waals surface area contributed by atoms with Crippen LogP contribution in [0.25, 0.3) is 11.1 Å². The molecular formula is C21H22F5NO3. The highest BCUT2D eigenvalue weighted by Gasteiger charge is 2.58. The molecule has 0 spiro atoms. The highest BCUT2D eigenvalue weighted by atomic mass is 19.4. The van der Waals surface area contributed by atoms with Gasteiger partial charge in [-0.3, -0.25) is 4.79 Å². The number of rotatable bonds is 7. The number of ether oxygens (including phenoxy) is 2. The third kappa shape index (κ3) is 4.34. The quantitative estimate of drug-likeness (QED) is 0.543. The standard InChI is InChI=1S/C21H22F5NO3/c1-5-27(6-2)19(28)15-9-8-14(20(22,23)21(24,25)26)12-16(15)13-7-10-17(29-3)18(11-13)30-4/h7-12H,5-6H2,1-4H3. The second kappa shape index (κ2) is 8.89. The van der Waals surface area contributed by atoms with E-state index in [0.29, 0.717) is 31.0 Å². The summed E-state index contributed by atoms with van der Waals surface area (Å²) in [6.45, 7) is 4.18. The molecule has 0 heterocycles. The zero-order valence-corrected chi connectivity index (χ0v) is 16.9. The Balaban J connectivity index is 2.75. The van der Waals surface area contributed by atoms with Crippen LogP contribution in [0.2, 0.25) is 0 Å². The van der Waals surface area contributed by atoms with Gasteiger partial charge in [-0.2, -0.15) is 22.0 Å². The Hall–Kier alpha value is -2.84. The van der Waals surface area contributed by atoms with Crippen LogP contribution in [0, 0.1) is 0 Å². The molecule has 0 saturated heterocycles. The number of nitrogens with zero attached hydrogens (tertiary/aromatic N) is 1. The van der Waals surface area contributed by atoms with E-state index >= 15 is 0 Å². The molecule has 0 fully saturated rings. The molecule has 9 heteroatoms. The van der Waals surface area contributed by atoms with E-state index in [-0.39, 0.29) is 22.4 Å². The smallest absolute Gasteiger partial charge is 0.458 e. The zero-order chi connectivity index (χ0) is 22.7. The minimum atomic E-state index is -5.77. The fourth-order valence-corrected chi connectivity index (χ4v) is 3.01. The van der Waals surface area contributed by atoms with Crippen molar-refractivity contribution in [2.24, 2.45) is 0 Å². The van der Waals surface area contributed by atoms with Crippen molar-refractivity contribution in [2.75, 3.05) is 27.3 Å². The third-order valence-electron chi connectivity index (χ3n) is 4.71. The Kier molecular flexibility index (Phi) is 6.95. The summed E-state index contributed by atoms with van der Waals surface area (Å²) >= 11 is 0. The van der Waals surface area contributed by atoms with Crippen LogP contribution in [0.15, 0.2) is 36.4 Å². The third-order valence-corrected chi connectivity index (χ3v) is 4.71. The van der Waals surface area contributed by atoms with E-state index in [1.165, 1.54) is 37.3 Å². The maximum Gasteiger partial charge on any atom is 0.458 e. The van der Waals surface area contributed by atoms with Crippen molar-refractivity contribution in [3.63, 3.8) is 0 Å². The van der Waals surface area contributed by atoms with Gasteiger partial charge in [0.2, 0.25) is 0 Å². The van der Waals surface area contributed by atoms with Gasteiger partial charge in [0.15, 0.2) is 11.5 Å². The van der Waals surface area contributed by atoms with E-state index in [4.69, 9.17) is 9.47 Å². The second-order valence-electron chi connectivity index (χ2n) is 6.38. The molecule has 2 aromatic rings. The first-order valence-electron chi connectivity index (χ1n) is 9.12. The SMILES string of the molecule is CCN(CC)C(=O)c1ccc(C(F)(F)C(F)(F)F)cc1-c1ccc(OC)c(OC)c1. The molecule has 0 aliphatic rings. The lowest BCUT2D eigenvalue weighted by Gasteiger charge is -2.24. The maximum atomic E-state index is 14.0. The predicted octanol–water partition coefficient (Wildman–Crippen LogP) is 5.51. The van der Waals surface area contributed by atoms with E-state index < -0.39 is 23.6 Å². The van der Waals surface area contributed by atoms with Crippen LogP contribution in [0.4, 0.5) is 22.0 Å². The van der Waals surface area contributed by atoms with Crippen LogP contribution in [-0.2, 0) is 5.92 Å². The number of hydrogen-bond acceptors (Lipinski definition) is 3. The fraction of sp³-hybridized carbons (Fsp3) is 0.381. The van der Waals surface area contributed by atoms with Crippen LogP contribution in [0.1, 0.15) is 29.8 Å². The van der Waals surface area contributed by atoms with Crippen molar-refractivity contribution in [3.8, 4) is 22.6 Å². The molecule has 0 saturated carbocycles. The predicted molar refractivity (Wildman–Crippen MR) is 102 cm³/mol. The number of methoxy groups -OCH3 is 2. The lowest BCUT2D eigenvalue weighted by Crippen LogP contribution is -2.34. The molecule has 0 N–H and O–H groups in total. The highest BCUT2D eigenvalue weighted by Crippen LogP contribution is 2.45. The minimum absolute atomic E-state index is 0.00708. The summed E-state index contributed by atoms with van der Waals surface area (Å²) in [5.74, 6) is -4.97. The van der Waals surface area contributed by atoms with Crippen LogP contribution in [-0.4, -0.2) is 44.3 Å². The normalized spacial score (nSPS) is 11.9. The van der Waals surface area contributed by atoms with E-state index in [1.54, 1.807) is 13.8 Å². The molecule has 4 nitrogen and oxygen atoms in total. The average molecular weight is 431 g/mol. The van der Waals surface area contributed by atoms with Crippen molar-refractivity contribution in [1.82, 2.24) is 4.90 Å². The van der Waals surface area contributed by atoms with Gasteiger partial charge < -0.3 is 14.4 Å². The summed E-state index contributed by atoms with van der Waals surface area (Å²) in [6.07, 6.45) is -5.77. The zero-order valence-electron chi connectivity index (χ0n) is 16.9. The van der Waals surface area contributed by atoms with Gasteiger partial charge in [-0.1, -0.05) is 12.1 Å². The summed E-state index contributed by atoms with van der Waals surface area (Å²) in [7, 11) is 2.76. The fourth-order valence-electron chi connectivity index (χ4n) is 3.01. The Labute approximate surface area is 171 Å². The monoisotopic (exact) mass is 431 g/mol. The van der Waals surface area contributed by atoms with Gasteiger partial charge in [0, 0.05) is 24.2 Å². The lowest BCUT2D eigenvalue weighted by molar-refractivity contribution is -0.289. The maximum absolute atomic E-state index is 14.0. The van der Waals surface area contributed by atoms with Gasteiger partial charge in [0.1, 0.15) is 0 Å². The Morgan fingerprint density at radius 2 is 1.50 bits per heavy atom. The summed E-state index contributed by atoms with van der Waals surface area (Å²) in [4.78, 5) is 14.3. The van der Waals surface area contributed by atoms with Gasteiger partial charge in [-0.25, -0.2) is 0 Å². The second-order valence-corrected chi connectivity index (χ2v) is 6.38. The van der Waals surface area contributed by atoms with E-state index in [1.807, 2.05) is 0 Å². The number of alkyl halides is 5. The Morgan fingerprint density at radius 1 is 0.900 bits per heavy atom. The van der Waals surface area contributed by atoms with Crippen molar-refractivity contribution in [3.05, 3.63) is 47.5 Å². The first kappa shape index (κ1) is 23.4. The van der Waals surface area contributed by atoms with E-state index in [9.17, 15) is 26.7 Å². The van der Waals surface area contributed by atoms with Crippen molar-refractivity contribution in [2.45, 2.75) is 25.9 Å². The highest BCUT2D eigenvalue weighted by molar-refractivity contribution is 6.01. The topological polar surface area (TPSA) is 38.8 Å². The average Bonchev–Trinajstić information content (AvgIpc) is 2.72. The van der Waals surface area contributed by atoms with Crippen molar-refractivity contribution in [1.29, 1.82) is 0 Å². The number of halogens is 5. The van der Waals surface area contributed by atoms with Crippen molar-refractivity contribution < 1.29 is 36.2 Å². The Bertz CT molecular complexity index is 908. The molecular weight excluding hydrogens is 409 g/mol. The van der Waals surface area contributed by atoms with E-state index in [2.05, 4.69) is 0 Å². The number of carbonyl (C=O) groups excluding carboxylic acids is 1. The summed E-state index contributed by atoms with van der Waals surface area (Å²) < 4.78 is 77.0. The van der Waals surface area contributed by atoms with Crippen molar-refractivity contribution >= 4 is 5.91 Å². The molecule has 0 aromatic heterocycles. The lowest BCUT2D eigenvalue weighted by atomic mass is 9.94. The molecule has 2 rings (SSSR count). The molecule has 1 amide bonds. The number of hydrogen-bond donors (Lipinski definition) is 0. The molecule has 2 aromatic carbocycles. The first-order valence-corrected chi connectivity index (χ1v) is 9.12. The van der Waals surface area contributed by atoms with Crippen LogP contribution < -0.4 is 9.47 Å². The number of benzene rings is 2. The van der Waals surface area contributed by atoms with Crippen LogP contribution in [0.5, 0.6) is 11.5 Å². The number of carbonyl (C=O) groups is 1. The van der Waals surface area contributed by atoms with Gasteiger partial charge in [-0.05, 0) is 49.2 Å². The molecule has 0 unspecified atom stereocenters. The molecule has 0 aliphatic heterocycles. The summed E-state index contributed by atoms with van der Waals surface area (Å²) in [5.41, 5.74) is -1.07. The van der Waals surface area contributed by atoms with E-state index in [0.717, 1.165) is 6.07 Å². The van der Waals surface area contributed by atoms with Gasteiger partial charge in [0.25, 0.3) is 5.91 Å². The van der Waals surface area contributed by atoms with Crippen LogP contribution >= 0.6 is 0 Å². The first-order chi connectivity index (χ1) is 14.0. The molecule has 0 bridgehead atoms. The van der Waals surface area contributed by atoms with Gasteiger partial charge >= 0.3 is 12.1 Å². The molecule has 0 radical (unpaired) electrons. The molecule has 30 heavy (non-hydrogen) atoms. The van der Waals surface area contributed by atoms with Gasteiger partial charge in [0.05, 0.1) is 14.2 Å².